The van der Waals surface area contributed by atoms with E-state index in [1.54, 1.807) is 28.1 Å². The minimum atomic E-state index is -4.93. The fourth-order valence-corrected chi connectivity index (χ4v) is 4.43. The average Bonchev–Trinajstić information content (AvgIpc) is 3.13. The van der Waals surface area contributed by atoms with E-state index in [0.29, 0.717) is 37.6 Å². The molecule has 3 aliphatic rings. The van der Waals surface area contributed by atoms with E-state index in [4.69, 9.17) is 11.6 Å². The van der Waals surface area contributed by atoms with E-state index in [1.807, 2.05) is 0 Å². The van der Waals surface area contributed by atoms with Crippen molar-refractivity contribution in [3.63, 3.8) is 0 Å². The largest absolute Gasteiger partial charge is 0.454 e. The molecule has 0 spiro atoms. The predicted molar refractivity (Wildman–Crippen MR) is 86.7 cm³/mol. The number of nitrogens with zero attached hydrogens (tertiary/aromatic N) is 3. The van der Waals surface area contributed by atoms with E-state index < -0.39 is 23.6 Å². The number of rotatable bonds is 3. The van der Waals surface area contributed by atoms with E-state index in [2.05, 4.69) is 4.98 Å². The van der Waals surface area contributed by atoms with Crippen LogP contribution in [0.5, 0.6) is 0 Å². The van der Waals surface area contributed by atoms with E-state index in [9.17, 15) is 23.1 Å². The maximum Gasteiger partial charge on any atom is 0.454 e. The molecule has 5 nitrogen and oxygen atoms in total. The first kappa shape index (κ1) is 17.6. The van der Waals surface area contributed by atoms with Crippen molar-refractivity contribution in [2.45, 2.75) is 37.7 Å². The van der Waals surface area contributed by atoms with E-state index in [0.717, 1.165) is 5.56 Å². The van der Waals surface area contributed by atoms with Gasteiger partial charge in [0, 0.05) is 37.8 Å². The number of pyridine rings is 1. The first-order valence-electron chi connectivity index (χ1n) is 8.40. The van der Waals surface area contributed by atoms with Crippen molar-refractivity contribution >= 4 is 17.4 Å². The lowest BCUT2D eigenvalue weighted by molar-refractivity contribution is -0.168. The highest BCUT2D eigenvalue weighted by Crippen LogP contribution is 2.51. The predicted octanol–water partition coefficient (Wildman–Crippen LogP) is 2.70. The summed E-state index contributed by atoms with van der Waals surface area (Å²) in [6, 6.07) is 3.36. The Kier molecular flexibility index (Phi) is 3.96. The number of carbonyl (C=O) groups is 1. The van der Waals surface area contributed by atoms with E-state index in [1.165, 1.54) is 0 Å². The number of carbonyl (C=O) groups excluding carboxylic acids is 1. The SMILES string of the molecule is O=C(C1=C2N(Cc3ccc(Cl)nc3)CCN2C2(O)CCC1C2)C(F)(F)F. The molecule has 0 amide bonds. The van der Waals surface area contributed by atoms with Gasteiger partial charge >= 0.3 is 6.18 Å². The highest BCUT2D eigenvalue weighted by molar-refractivity contribution is 6.29. The normalized spacial score (nSPS) is 28.0. The summed E-state index contributed by atoms with van der Waals surface area (Å²) in [5.41, 5.74) is -0.603. The Balaban J connectivity index is 1.75. The van der Waals surface area contributed by atoms with Gasteiger partial charge in [-0.2, -0.15) is 13.2 Å². The molecular weight excluding hydrogens is 371 g/mol. The molecule has 1 aliphatic carbocycles. The Morgan fingerprint density at radius 1 is 1.38 bits per heavy atom. The van der Waals surface area contributed by atoms with Crippen LogP contribution in [0.2, 0.25) is 5.15 Å². The summed E-state index contributed by atoms with van der Waals surface area (Å²) in [5.74, 6) is -2.14. The number of alkyl halides is 3. The van der Waals surface area contributed by atoms with E-state index in [-0.39, 0.29) is 17.8 Å². The summed E-state index contributed by atoms with van der Waals surface area (Å²) >= 11 is 5.77. The lowest BCUT2D eigenvalue weighted by atomic mass is 9.89. The number of allylic oxidation sites excluding steroid dienone is 1. The van der Waals surface area contributed by atoms with Crippen LogP contribution in [0, 0.1) is 5.92 Å². The molecule has 1 saturated heterocycles. The highest BCUT2D eigenvalue weighted by atomic mass is 35.5. The van der Waals surface area contributed by atoms with Crippen LogP contribution in [0.1, 0.15) is 24.8 Å². The molecule has 2 fully saturated rings. The third-order valence-corrected chi connectivity index (χ3v) is 5.65. The van der Waals surface area contributed by atoms with Crippen molar-refractivity contribution in [1.29, 1.82) is 0 Å². The number of hydrogen-bond donors (Lipinski definition) is 1. The Hall–Kier alpha value is -1.80. The van der Waals surface area contributed by atoms with Gasteiger partial charge < -0.3 is 14.9 Å². The summed E-state index contributed by atoms with van der Waals surface area (Å²) in [5, 5.41) is 11.2. The third-order valence-electron chi connectivity index (χ3n) is 5.43. The number of halogens is 4. The molecule has 26 heavy (non-hydrogen) atoms. The minimum Gasteiger partial charge on any atom is -0.371 e. The van der Waals surface area contributed by atoms with Crippen LogP contribution in [-0.2, 0) is 11.3 Å². The maximum atomic E-state index is 13.2. The van der Waals surface area contributed by atoms with Gasteiger partial charge in [-0.05, 0) is 30.4 Å². The van der Waals surface area contributed by atoms with Crippen LogP contribution in [0.15, 0.2) is 29.7 Å². The van der Waals surface area contributed by atoms with Gasteiger partial charge in [-0.3, -0.25) is 4.79 Å². The monoisotopic (exact) mass is 387 g/mol. The van der Waals surface area contributed by atoms with Crippen LogP contribution in [0.25, 0.3) is 0 Å². The fourth-order valence-electron chi connectivity index (χ4n) is 4.32. The lowest BCUT2D eigenvalue weighted by Crippen LogP contribution is -2.49. The molecule has 1 N–H and O–H groups in total. The van der Waals surface area contributed by atoms with Crippen molar-refractivity contribution in [3.8, 4) is 0 Å². The molecule has 1 aromatic rings. The Morgan fingerprint density at radius 3 is 2.81 bits per heavy atom. The summed E-state index contributed by atoms with van der Waals surface area (Å²) in [7, 11) is 0. The zero-order valence-electron chi connectivity index (χ0n) is 13.8. The molecule has 2 unspecified atom stereocenters. The lowest BCUT2D eigenvalue weighted by Gasteiger charge is -2.42. The number of aromatic nitrogens is 1. The summed E-state index contributed by atoms with van der Waals surface area (Å²) < 4.78 is 39.6. The van der Waals surface area contributed by atoms with Crippen molar-refractivity contribution in [2.24, 2.45) is 5.92 Å². The molecule has 0 radical (unpaired) electrons. The molecule has 3 heterocycles. The highest BCUT2D eigenvalue weighted by Gasteiger charge is 2.57. The van der Waals surface area contributed by atoms with Gasteiger partial charge in [0.25, 0.3) is 5.78 Å². The smallest absolute Gasteiger partial charge is 0.371 e. The number of fused-ring (bicyclic) bond motifs is 4. The molecule has 1 saturated carbocycles. The Bertz CT molecular complexity index is 780. The molecule has 0 aromatic carbocycles. The fraction of sp³-hybridized carbons (Fsp3) is 0.529. The molecule has 2 atom stereocenters. The van der Waals surface area contributed by atoms with Crippen molar-refractivity contribution in [3.05, 3.63) is 40.4 Å². The first-order valence-corrected chi connectivity index (χ1v) is 8.78. The van der Waals surface area contributed by atoms with Gasteiger partial charge in [-0.25, -0.2) is 4.98 Å². The molecular formula is C17H17ClF3N3O2. The summed E-state index contributed by atoms with van der Waals surface area (Å²) in [6.07, 6.45) is -2.45. The zero-order valence-corrected chi connectivity index (χ0v) is 14.5. The summed E-state index contributed by atoms with van der Waals surface area (Å²) in [4.78, 5) is 19.4. The van der Waals surface area contributed by atoms with Crippen LogP contribution >= 0.6 is 11.6 Å². The number of ketones is 1. The van der Waals surface area contributed by atoms with Gasteiger partial charge in [0.1, 0.15) is 16.7 Å². The summed E-state index contributed by atoms with van der Waals surface area (Å²) in [6.45, 7) is 1.11. The van der Waals surface area contributed by atoms with Gasteiger partial charge in [0.05, 0.1) is 0 Å². The average molecular weight is 388 g/mol. The standard InChI is InChI=1S/C17H17ClF3N3O2/c18-12-2-1-10(8-22-12)9-23-5-6-24-15(23)13(14(25)17(19,20)21)11-3-4-16(24,26)7-11/h1-2,8,11,26H,3-7,9H2. The zero-order chi connectivity index (χ0) is 18.7. The van der Waals surface area contributed by atoms with E-state index >= 15 is 0 Å². The number of Topliss-reactive ketones (excluding diaryl/α,β-unsaturated/α-hetero) is 1. The van der Waals surface area contributed by atoms with Gasteiger partial charge in [-0.1, -0.05) is 17.7 Å². The molecule has 140 valence electrons. The van der Waals surface area contributed by atoms with Crippen molar-refractivity contribution in [2.75, 3.05) is 13.1 Å². The van der Waals surface area contributed by atoms with Gasteiger partial charge in [0.2, 0.25) is 0 Å². The quantitative estimate of drug-likeness (QED) is 0.808. The van der Waals surface area contributed by atoms with Crippen molar-refractivity contribution in [1.82, 2.24) is 14.8 Å². The number of aliphatic hydroxyl groups is 1. The van der Waals surface area contributed by atoms with Crippen LogP contribution in [-0.4, -0.2) is 50.7 Å². The van der Waals surface area contributed by atoms with Crippen LogP contribution in [0.4, 0.5) is 13.2 Å². The topological polar surface area (TPSA) is 56.7 Å². The molecule has 2 aliphatic heterocycles. The molecule has 9 heteroatoms. The third kappa shape index (κ3) is 2.75. The Morgan fingerprint density at radius 2 is 2.15 bits per heavy atom. The second kappa shape index (κ2) is 5.85. The second-order valence-corrected chi connectivity index (χ2v) is 7.44. The molecule has 1 aromatic heterocycles. The van der Waals surface area contributed by atoms with Crippen LogP contribution in [0.3, 0.4) is 0 Å². The van der Waals surface area contributed by atoms with Gasteiger partial charge in [0.15, 0.2) is 0 Å². The number of hydrogen-bond acceptors (Lipinski definition) is 5. The first-order chi connectivity index (χ1) is 12.2. The second-order valence-electron chi connectivity index (χ2n) is 7.05. The van der Waals surface area contributed by atoms with Crippen molar-refractivity contribution < 1.29 is 23.1 Å². The molecule has 4 rings (SSSR count). The van der Waals surface area contributed by atoms with Gasteiger partial charge in [-0.15, -0.1) is 0 Å². The Labute approximate surface area is 153 Å². The van der Waals surface area contributed by atoms with Crippen LogP contribution < -0.4 is 0 Å². The minimum absolute atomic E-state index is 0.171. The molecule has 2 bridgehead atoms. The maximum absolute atomic E-state index is 13.2.